The van der Waals surface area contributed by atoms with Gasteiger partial charge in [0, 0.05) is 23.6 Å². The number of rotatable bonds is 2. The lowest BCUT2D eigenvalue weighted by Crippen LogP contribution is -2.15. The summed E-state index contributed by atoms with van der Waals surface area (Å²) >= 11 is 1.10. The van der Waals surface area contributed by atoms with Crippen LogP contribution in [-0.4, -0.2) is 10.5 Å². The summed E-state index contributed by atoms with van der Waals surface area (Å²) in [5.41, 5.74) is 2.30. The SMILES string of the molecule is Cc1cc(C(=O)Nc2ccc3sc(F)cc3c2)n(C)c1. The number of amides is 1. The van der Waals surface area contributed by atoms with E-state index in [2.05, 4.69) is 5.32 Å². The normalized spacial score (nSPS) is 10.9. The van der Waals surface area contributed by atoms with E-state index < -0.39 is 0 Å². The largest absolute Gasteiger partial charge is 0.346 e. The lowest BCUT2D eigenvalue weighted by molar-refractivity contribution is 0.101. The number of halogens is 1. The predicted octanol–water partition coefficient (Wildman–Crippen LogP) is 3.94. The summed E-state index contributed by atoms with van der Waals surface area (Å²) in [4.78, 5) is 12.2. The third-order valence-corrected chi connectivity index (χ3v) is 4.02. The molecule has 0 bridgehead atoms. The van der Waals surface area contributed by atoms with E-state index in [1.165, 1.54) is 6.07 Å². The second-order valence-electron chi connectivity index (χ2n) is 4.77. The van der Waals surface area contributed by atoms with Gasteiger partial charge in [-0.1, -0.05) is 0 Å². The van der Waals surface area contributed by atoms with Crippen molar-refractivity contribution in [3.8, 4) is 0 Å². The van der Waals surface area contributed by atoms with Crippen LogP contribution in [0.15, 0.2) is 36.5 Å². The molecule has 3 nitrogen and oxygen atoms in total. The number of anilines is 1. The fourth-order valence-corrected chi connectivity index (χ4v) is 3.01. The van der Waals surface area contributed by atoms with Crippen LogP contribution in [0, 0.1) is 12.1 Å². The van der Waals surface area contributed by atoms with Crippen molar-refractivity contribution < 1.29 is 9.18 Å². The lowest BCUT2D eigenvalue weighted by atomic mass is 10.2. The van der Waals surface area contributed by atoms with Gasteiger partial charge in [0.1, 0.15) is 5.69 Å². The quantitative estimate of drug-likeness (QED) is 0.761. The zero-order chi connectivity index (χ0) is 14.3. The highest BCUT2D eigenvalue weighted by atomic mass is 32.1. The molecule has 0 saturated carbocycles. The number of nitrogens with one attached hydrogen (secondary N) is 1. The van der Waals surface area contributed by atoms with Gasteiger partial charge < -0.3 is 9.88 Å². The first kappa shape index (κ1) is 12.9. The van der Waals surface area contributed by atoms with E-state index in [1.807, 2.05) is 32.3 Å². The smallest absolute Gasteiger partial charge is 0.272 e. The van der Waals surface area contributed by atoms with Crippen molar-refractivity contribution in [3.05, 3.63) is 52.9 Å². The number of aryl methyl sites for hydroxylation is 2. The monoisotopic (exact) mass is 288 g/mol. The second kappa shape index (κ2) is 4.76. The van der Waals surface area contributed by atoms with Crippen LogP contribution in [0.1, 0.15) is 16.1 Å². The summed E-state index contributed by atoms with van der Waals surface area (Å²) in [6, 6.07) is 8.68. The first-order chi connectivity index (χ1) is 9.52. The molecule has 3 aromatic rings. The summed E-state index contributed by atoms with van der Waals surface area (Å²) in [6.45, 7) is 1.94. The van der Waals surface area contributed by atoms with Crippen LogP contribution >= 0.6 is 11.3 Å². The summed E-state index contributed by atoms with van der Waals surface area (Å²) in [5.74, 6) is -0.171. The molecule has 2 heterocycles. The van der Waals surface area contributed by atoms with Crippen molar-refractivity contribution in [3.63, 3.8) is 0 Å². The average molecular weight is 288 g/mol. The van der Waals surface area contributed by atoms with Crippen molar-refractivity contribution >= 4 is 33.0 Å². The first-order valence-electron chi connectivity index (χ1n) is 6.16. The van der Waals surface area contributed by atoms with Crippen LogP contribution in [0.3, 0.4) is 0 Å². The molecule has 5 heteroatoms. The summed E-state index contributed by atoms with van der Waals surface area (Å²) in [6.07, 6.45) is 1.90. The van der Waals surface area contributed by atoms with Gasteiger partial charge in [-0.25, -0.2) is 0 Å². The lowest BCUT2D eigenvalue weighted by Gasteiger charge is -2.06. The number of carbonyl (C=O) groups excluding carboxylic acids is 1. The molecule has 1 aromatic carbocycles. The van der Waals surface area contributed by atoms with Gasteiger partial charge in [-0.2, -0.15) is 4.39 Å². The fraction of sp³-hybridized carbons (Fsp3) is 0.133. The molecule has 102 valence electrons. The molecule has 20 heavy (non-hydrogen) atoms. The maximum absolute atomic E-state index is 13.2. The number of nitrogens with zero attached hydrogens (tertiary/aromatic N) is 1. The minimum absolute atomic E-state index is 0.171. The molecular formula is C15H13FN2OS. The number of fused-ring (bicyclic) bond motifs is 1. The molecule has 0 radical (unpaired) electrons. The Morgan fingerprint density at radius 2 is 2.10 bits per heavy atom. The second-order valence-corrected chi connectivity index (χ2v) is 5.80. The van der Waals surface area contributed by atoms with E-state index in [0.29, 0.717) is 11.4 Å². The standard InChI is InChI=1S/C15H13FN2OS/c1-9-5-12(18(2)8-9)15(19)17-11-3-4-13-10(6-11)7-14(16)20-13/h3-8H,1-2H3,(H,17,19). The molecule has 0 fully saturated rings. The van der Waals surface area contributed by atoms with Gasteiger partial charge in [0.05, 0.1) is 0 Å². The van der Waals surface area contributed by atoms with Gasteiger partial charge in [0.15, 0.2) is 5.13 Å². The molecule has 0 aliphatic heterocycles. The van der Waals surface area contributed by atoms with Crippen molar-refractivity contribution in [2.75, 3.05) is 5.32 Å². The van der Waals surface area contributed by atoms with Gasteiger partial charge >= 0.3 is 0 Å². The Balaban J connectivity index is 1.88. The molecule has 1 amide bonds. The molecule has 0 spiro atoms. The Bertz CT molecular complexity index is 803. The number of hydrogen-bond acceptors (Lipinski definition) is 2. The third-order valence-electron chi connectivity index (χ3n) is 3.12. The number of aromatic nitrogens is 1. The van der Waals surface area contributed by atoms with Crippen LogP contribution in [0.25, 0.3) is 10.1 Å². The number of benzene rings is 1. The summed E-state index contributed by atoms with van der Waals surface area (Å²) in [5, 5.41) is 3.41. The van der Waals surface area contributed by atoms with Crippen LogP contribution in [0.5, 0.6) is 0 Å². The minimum Gasteiger partial charge on any atom is -0.346 e. The molecule has 0 saturated heterocycles. The van der Waals surface area contributed by atoms with E-state index >= 15 is 0 Å². The average Bonchev–Trinajstić information content (AvgIpc) is 2.90. The van der Waals surface area contributed by atoms with E-state index in [9.17, 15) is 9.18 Å². The molecular weight excluding hydrogens is 275 g/mol. The fourth-order valence-electron chi connectivity index (χ4n) is 2.24. The Kier molecular flexibility index (Phi) is 3.06. The van der Waals surface area contributed by atoms with E-state index in [1.54, 1.807) is 16.7 Å². The predicted molar refractivity (Wildman–Crippen MR) is 79.9 cm³/mol. The van der Waals surface area contributed by atoms with Crippen molar-refractivity contribution in [1.29, 1.82) is 0 Å². The Hall–Kier alpha value is -2.14. The van der Waals surface area contributed by atoms with Crippen LogP contribution in [0.2, 0.25) is 0 Å². The minimum atomic E-state index is -0.221. The van der Waals surface area contributed by atoms with Crippen molar-refractivity contribution in [1.82, 2.24) is 4.57 Å². The van der Waals surface area contributed by atoms with Gasteiger partial charge in [-0.05, 0) is 48.2 Å². The zero-order valence-electron chi connectivity index (χ0n) is 11.1. The third kappa shape index (κ3) is 2.32. The highest BCUT2D eigenvalue weighted by Crippen LogP contribution is 2.27. The van der Waals surface area contributed by atoms with Gasteiger partial charge in [-0.3, -0.25) is 4.79 Å². The summed E-state index contributed by atoms with van der Waals surface area (Å²) < 4.78 is 15.8. The molecule has 0 atom stereocenters. The van der Waals surface area contributed by atoms with E-state index in [-0.39, 0.29) is 11.0 Å². The molecule has 0 unspecified atom stereocenters. The Morgan fingerprint density at radius 1 is 1.30 bits per heavy atom. The van der Waals surface area contributed by atoms with Crippen LogP contribution in [0.4, 0.5) is 10.1 Å². The maximum Gasteiger partial charge on any atom is 0.272 e. The molecule has 1 N–H and O–H groups in total. The van der Waals surface area contributed by atoms with Crippen LogP contribution < -0.4 is 5.32 Å². The van der Waals surface area contributed by atoms with Crippen molar-refractivity contribution in [2.24, 2.45) is 7.05 Å². The highest BCUT2D eigenvalue weighted by Gasteiger charge is 2.11. The van der Waals surface area contributed by atoms with E-state index in [0.717, 1.165) is 27.0 Å². The Labute approximate surface area is 119 Å². The molecule has 2 aromatic heterocycles. The topological polar surface area (TPSA) is 34.0 Å². The summed E-state index contributed by atoms with van der Waals surface area (Å²) in [7, 11) is 1.83. The number of thiophene rings is 1. The zero-order valence-corrected chi connectivity index (χ0v) is 11.9. The van der Waals surface area contributed by atoms with Gasteiger partial charge in [-0.15, -0.1) is 11.3 Å². The van der Waals surface area contributed by atoms with Crippen LogP contribution in [-0.2, 0) is 7.05 Å². The number of carbonyl (C=O) groups is 1. The molecule has 3 rings (SSSR count). The van der Waals surface area contributed by atoms with Gasteiger partial charge in [0.2, 0.25) is 0 Å². The van der Waals surface area contributed by atoms with E-state index in [4.69, 9.17) is 0 Å². The maximum atomic E-state index is 13.2. The highest BCUT2D eigenvalue weighted by molar-refractivity contribution is 7.17. The first-order valence-corrected chi connectivity index (χ1v) is 6.98. The Morgan fingerprint density at radius 3 is 2.80 bits per heavy atom. The number of hydrogen-bond donors (Lipinski definition) is 1. The molecule has 0 aliphatic rings. The van der Waals surface area contributed by atoms with Crippen molar-refractivity contribution in [2.45, 2.75) is 6.92 Å². The van der Waals surface area contributed by atoms with Gasteiger partial charge in [0.25, 0.3) is 5.91 Å². The molecule has 0 aliphatic carbocycles.